The average molecular weight is 240 g/mol. The predicted molar refractivity (Wildman–Crippen MR) is 62.6 cm³/mol. The summed E-state index contributed by atoms with van der Waals surface area (Å²) < 4.78 is 0. The number of β-amino-alcohol motifs (C(OH)–C–C–N with tert-alkyl or cyclic N) is 1. The molecule has 1 N–H and O–H groups in total. The Morgan fingerprint density at radius 1 is 1.44 bits per heavy atom. The molecule has 1 aliphatic heterocycles. The number of hydrogen-bond donors (Lipinski definition) is 1. The number of amides is 1. The van der Waals surface area contributed by atoms with E-state index in [1.807, 2.05) is 0 Å². The van der Waals surface area contributed by atoms with Crippen LogP contribution in [0.3, 0.4) is 0 Å². The normalized spacial score (nSPS) is 20.9. The molecule has 1 aromatic rings. The lowest BCUT2D eigenvalue weighted by Crippen LogP contribution is -2.42. The van der Waals surface area contributed by atoms with E-state index in [-0.39, 0.29) is 5.91 Å². The summed E-state index contributed by atoms with van der Waals surface area (Å²) in [5.74, 6) is -0.0932. The van der Waals surface area contributed by atoms with Gasteiger partial charge in [-0.25, -0.2) is 0 Å². The Hall–Kier alpha value is -1.06. The van der Waals surface area contributed by atoms with E-state index in [0.29, 0.717) is 23.7 Å². The summed E-state index contributed by atoms with van der Waals surface area (Å²) in [6, 6.07) is 7.00. The van der Waals surface area contributed by atoms with Crippen molar-refractivity contribution in [2.24, 2.45) is 0 Å². The zero-order chi connectivity index (χ0) is 11.5. The highest BCUT2D eigenvalue weighted by molar-refractivity contribution is 6.33. The molecule has 0 bridgehead atoms. The van der Waals surface area contributed by atoms with Crippen molar-refractivity contribution in [3.05, 3.63) is 34.9 Å². The number of aliphatic hydroxyl groups excluding tert-OH is 1. The van der Waals surface area contributed by atoms with Gasteiger partial charge in [-0.2, -0.15) is 0 Å². The first-order valence-electron chi connectivity index (χ1n) is 5.40. The van der Waals surface area contributed by atoms with E-state index >= 15 is 0 Å². The standard InChI is InChI=1S/C12H14ClNO2/c13-11-6-2-1-5-10(11)12(16)14-7-3-4-9(15)8-14/h1-2,5-6,9,15H,3-4,7-8H2. The second-order valence-corrected chi connectivity index (χ2v) is 4.43. The fraction of sp³-hybridized carbons (Fsp3) is 0.417. The number of carbonyl (C=O) groups is 1. The Labute approximate surface area is 99.6 Å². The maximum absolute atomic E-state index is 12.1. The molecule has 1 aliphatic rings. The van der Waals surface area contributed by atoms with Crippen LogP contribution in [0.4, 0.5) is 0 Å². The fourth-order valence-electron chi connectivity index (χ4n) is 1.94. The molecule has 0 spiro atoms. The van der Waals surface area contributed by atoms with Crippen molar-refractivity contribution in [2.75, 3.05) is 13.1 Å². The Kier molecular flexibility index (Phi) is 3.46. The van der Waals surface area contributed by atoms with Crippen LogP contribution in [-0.2, 0) is 0 Å². The fourth-order valence-corrected chi connectivity index (χ4v) is 2.16. The van der Waals surface area contributed by atoms with Gasteiger partial charge in [0.1, 0.15) is 0 Å². The molecule has 0 radical (unpaired) electrons. The molecule has 0 saturated carbocycles. The molecule has 1 saturated heterocycles. The zero-order valence-electron chi connectivity index (χ0n) is 8.90. The molecule has 1 amide bonds. The third-order valence-electron chi connectivity index (χ3n) is 2.79. The number of nitrogens with zero attached hydrogens (tertiary/aromatic N) is 1. The SMILES string of the molecule is O=C(c1ccccc1Cl)N1CCCC(O)C1. The number of piperidine rings is 1. The van der Waals surface area contributed by atoms with Crippen LogP contribution in [0.1, 0.15) is 23.2 Å². The molecule has 1 heterocycles. The van der Waals surface area contributed by atoms with Gasteiger partial charge in [0.2, 0.25) is 0 Å². The molecular weight excluding hydrogens is 226 g/mol. The summed E-state index contributed by atoms with van der Waals surface area (Å²) in [5.41, 5.74) is 0.512. The Bertz CT molecular complexity index is 394. The van der Waals surface area contributed by atoms with Gasteiger partial charge in [-0.3, -0.25) is 4.79 Å². The predicted octanol–water partition coefficient (Wildman–Crippen LogP) is 1.94. The van der Waals surface area contributed by atoms with Crippen molar-refractivity contribution < 1.29 is 9.90 Å². The largest absolute Gasteiger partial charge is 0.391 e. The van der Waals surface area contributed by atoms with Crippen molar-refractivity contribution in [1.82, 2.24) is 4.90 Å². The highest BCUT2D eigenvalue weighted by Gasteiger charge is 2.23. The molecule has 16 heavy (non-hydrogen) atoms. The monoisotopic (exact) mass is 239 g/mol. The lowest BCUT2D eigenvalue weighted by atomic mass is 10.1. The zero-order valence-corrected chi connectivity index (χ0v) is 9.65. The van der Waals surface area contributed by atoms with Crippen LogP contribution in [-0.4, -0.2) is 35.1 Å². The Morgan fingerprint density at radius 2 is 2.19 bits per heavy atom. The summed E-state index contributed by atoms with van der Waals surface area (Å²) in [6.07, 6.45) is 1.21. The minimum Gasteiger partial charge on any atom is -0.391 e. The highest BCUT2D eigenvalue weighted by atomic mass is 35.5. The highest BCUT2D eigenvalue weighted by Crippen LogP contribution is 2.19. The summed E-state index contributed by atoms with van der Waals surface area (Å²) in [4.78, 5) is 13.8. The van der Waals surface area contributed by atoms with Crippen LogP contribution in [0.5, 0.6) is 0 Å². The van der Waals surface area contributed by atoms with E-state index in [0.717, 1.165) is 12.8 Å². The van der Waals surface area contributed by atoms with Crippen LogP contribution >= 0.6 is 11.6 Å². The molecular formula is C12H14ClNO2. The van der Waals surface area contributed by atoms with E-state index in [4.69, 9.17) is 11.6 Å². The minimum atomic E-state index is -0.403. The summed E-state index contributed by atoms with van der Waals surface area (Å²) >= 11 is 5.96. The van der Waals surface area contributed by atoms with Gasteiger partial charge in [0.15, 0.2) is 0 Å². The van der Waals surface area contributed by atoms with E-state index in [2.05, 4.69) is 0 Å². The van der Waals surface area contributed by atoms with Crippen LogP contribution in [0.2, 0.25) is 5.02 Å². The molecule has 1 aromatic carbocycles. The molecule has 2 rings (SSSR count). The lowest BCUT2D eigenvalue weighted by Gasteiger charge is -2.30. The first-order chi connectivity index (χ1) is 7.68. The number of likely N-dealkylation sites (tertiary alicyclic amines) is 1. The maximum Gasteiger partial charge on any atom is 0.255 e. The number of benzene rings is 1. The summed E-state index contributed by atoms with van der Waals surface area (Å²) in [6.45, 7) is 1.10. The van der Waals surface area contributed by atoms with Gasteiger partial charge in [0.25, 0.3) is 5.91 Å². The minimum absolute atomic E-state index is 0.0932. The van der Waals surface area contributed by atoms with Crippen molar-refractivity contribution >= 4 is 17.5 Å². The maximum atomic E-state index is 12.1. The molecule has 1 unspecified atom stereocenters. The Balaban J connectivity index is 2.16. The molecule has 4 heteroatoms. The van der Waals surface area contributed by atoms with Crippen LogP contribution in [0.15, 0.2) is 24.3 Å². The van der Waals surface area contributed by atoms with Crippen molar-refractivity contribution in [3.8, 4) is 0 Å². The first-order valence-corrected chi connectivity index (χ1v) is 5.78. The molecule has 86 valence electrons. The first kappa shape index (κ1) is 11.4. The quantitative estimate of drug-likeness (QED) is 0.814. The second-order valence-electron chi connectivity index (χ2n) is 4.03. The van der Waals surface area contributed by atoms with Crippen molar-refractivity contribution in [3.63, 3.8) is 0 Å². The number of aliphatic hydroxyl groups is 1. The van der Waals surface area contributed by atoms with Crippen LogP contribution in [0.25, 0.3) is 0 Å². The number of rotatable bonds is 1. The van der Waals surface area contributed by atoms with E-state index in [1.54, 1.807) is 29.2 Å². The summed E-state index contributed by atoms with van der Waals surface area (Å²) in [5, 5.41) is 9.98. The van der Waals surface area contributed by atoms with Crippen molar-refractivity contribution in [2.45, 2.75) is 18.9 Å². The van der Waals surface area contributed by atoms with Gasteiger partial charge >= 0.3 is 0 Å². The average Bonchev–Trinajstić information content (AvgIpc) is 2.29. The van der Waals surface area contributed by atoms with Crippen LogP contribution < -0.4 is 0 Å². The van der Waals surface area contributed by atoms with Crippen LogP contribution in [0, 0.1) is 0 Å². The lowest BCUT2D eigenvalue weighted by molar-refractivity contribution is 0.0474. The molecule has 3 nitrogen and oxygen atoms in total. The third-order valence-corrected chi connectivity index (χ3v) is 3.12. The molecule has 0 aromatic heterocycles. The van der Waals surface area contributed by atoms with E-state index in [9.17, 15) is 9.90 Å². The van der Waals surface area contributed by atoms with Gasteiger partial charge in [-0.1, -0.05) is 23.7 Å². The van der Waals surface area contributed by atoms with Gasteiger partial charge in [0, 0.05) is 13.1 Å². The topological polar surface area (TPSA) is 40.5 Å². The third kappa shape index (κ3) is 2.36. The van der Waals surface area contributed by atoms with Gasteiger partial charge in [-0.15, -0.1) is 0 Å². The molecule has 1 atom stereocenters. The molecule has 1 fully saturated rings. The summed E-state index contributed by atoms with van der Waals surface area (Å²) in [7, 11) is 0. The van der Waals surface area contributed by atoms with Gasteiger partial charge < -0.3 is 10.0 Å². The number of carbonyl (C=O) groups excluding carboxylic acids is 1. The number of halogens is 1. The van der Waals surface area contributed by atoms with Gasteiger partial charge in [0.05, 0.1) is 16.7 Å². The Morgan fingerprint density at radius 3 is 2.88 bits per heavy atom. The van der Waals surface area contributed by atoms with E-state index in [1.165, 1.54) is 0 Å². The van der Waals surface area contributed by atoms with Crippen molar-refractivity contribution in [1.29, 1.82) is 0 Å². The van der Waals surface area contributed by atoms with E-state index < -0.39 is 6.10 Å². The smallest absolute Gasteiger partial charge is 0.255 e. The molecule has 0 aliphatic carbocycles. The van der Waals surface area contributed by atoms with Gasteiger partial charge in [-0.05, 0) is 25.0 Å². The number of hydrogen-bond acceptors (Lipinski definition) is 2. The second kappa shape index (κ2) is 4.85.